The Kier molecular flexibility index (Phi) is 14.7. The fourth-order valence-corrected chi connectivity index (χ4v) is 10.4. The number of piperidine rings is 2. The lowest BCUT2D eigenvalue weighted by molar-refractivity contribution is -0.136. The molecular formula is C46H54ClN10O9P. The quantitative estimate of drug-likeness (QED) is 0.0581. The van der Waals surface area contributed by atoms with Crippen LogP contribution in [0.15, 0.2) is 66.9 Å². The Morgan fingerprint density at radius 2 is 1.60 bits per heavy atom. The van der Waals surface area contributed by atoms with Crippen LogP contribution in [-0.4, -0.2) is 133 Å². The molecule has 3 saturated heterocycles. The molecule has 3 aromatic carbocycles. The third-order valence-electron chi connectivity index (χ3n) is 12.7. The van der Waals surface area contributed by atoms with Gasteiger partial charge in [0.05, 0.1) is 41.1 Å². The SMILES string of the molecule is COc1cc(N2CCC(N3CCN(C(=O)CCCCNc4ccc5c(c4)C(=O)N(C4CCC(=O)NC4=O)C5=O)CC3)CC2)ccc1Nc1ncc(Cl)c(Nc2ccccc2P(=O)(OC)OC)n1. The number of rotatable bonds is 17. The van der Waals surface area contributed by atoms with Crippen molar-refractivity contribution < 1.29 is 42.3 Å². The van der Waals surface area contributed by atoms with Crippen LogP contribution in [0, 0.1) is 0 Å². The summed E-state index contributed by atoms with van der Waals surface area (Å²) in [6.45, 7) is 5.42. The molecule has 5 heterocycles. The molecule has 67 heavy (non-hydrogen) atoms. The van der Waals surface area contributed by atoms with Crippen molar-refractivity contribution in [3.63, 3.8) is 0 Å². The van der Waals surface area contributed by atoms with Crippen molar-refractivity contribution in [2.75, 3.05) is 88.0 Å². The zero-order valence-electron chi connectivity index (χ0n) is 37.6. The zero-order chi connectivity index (χ0) is 47.2. The first kappa shape index (κ1) is 47.4. The Bertz CT molecular complexity index is 2580. The van der Waals surface area contributed by atoms with Gasteiger partial charge in [0.25, 0.3) is 11.8 Å². The molecule has 1 unspecified atom stereocenters. The van der Waals surface area contributed by atoms with Crippen LogP contribution < -0.4 is 36.2 Å². The monoisotopic (exact) mass is 956 g/mol. The van der Waals surface area contributed by atoms with Crippen molar-refractivity contribution >= 4 is 88.6 Å². The maximum Gasteiger partial charge on any atom is 0.362 e. The molecule has 0 bridgehead atoms. The molecule has 19 nitrogen and oxygen atoms in total. The second kappa shape index (κ2) is 20.8. The minimum Gasteiger partial charge on any atom is -0.494 e. The van der Waals surface area contributed by atoms with E-state index in [1.807, 2.05) is 23.1 Å². The molecule has 1 aromatic heterocycles. The van der Waals surface area contributed by atoms with Crippen molar-refractivity contribution in [2.24, 2.45) is 0 Å². The lowest BCUT2D eigenvalue weighted by Crippen LogP contribution is -2.54. The first-order valence-electron chi connectivity index (χ1n) is 22.3. The van der Waals surface area contributed by atoms with E-state index in [9.17, 15) is 28.5 Å². The van der Waals surface area contributed by atoms with Crippen molar-refractivity contribution in [1.82, 2.24) is 30.0 Å². The van der Waals surface area contributed by atoms with Gasteiger partial charge in [-0.2, -0.15) is 4.98 Å². The number of carbonyl (C=O) groups excluding carboxylic acids is 5. The van der Waals surface area contributed by atoms with Crippen LogP contribution in [-0.2, 0) is 28.0 Å². The lowest BCUT2D eigenvalue weighted by Gasteiger charge is -2.43. The number of imide groups is 2. The van der Waals surface area contributed by atoms with Gasteiger partial charge in [0.2, 0.25) is 23.7 Å². The summed E-state index contributed by atoms with van der Waals surface area (Å²) in [7, 11) is 0.687. The maximum atomic E-state index is 13.2. The summed E-state index contributed by atoms with van der Waals surface area (Å²) in [6, 6.07) is 17.2. The highest BCUT2D eigenvalue weighted by atomic mass is 35.5. The van der Waals surface area contributed by atoms with Crippen LogP contribution in [0.4, 0.5) is 34.5 Å². The van der Waals surface area contributed by atoms with Gasteiger partial charge in [0.15, 0.2) is 5.82 Å². The highest BCUT2D eigenvalue weighted by molar-refractivity contribution is 7.62. The number of hydrogen-bond acceptors (Lipinski definition) is 16. The van der Waals surface area contributed by atoms with Crippen LogP contribution in [0.25, 0.3) is 0 Å². The number of benzene rings is 3. The Morgan fingerprint density at radius 3 is 2.33 bits per heavy atom. The number of piperazine rings is 1. The van der Waals surface area contributed by atoms with Gasteiger partial charge in [-0.25, -0.2) is 4.98 Å². The number of para-hydroxylation sites is 1. The Morgan fingerprint density at radius 1 is 0.851 bits per heavy atom. The first-order valence-corrected chi connectivity index (χ1v) is 24.2. The van der Waals surface area contributed by atoms with E-state index in [0.29, 0.717) is 66.6 Å². The number of halogens is 1. The average Bonchev–Trinajstić information content (AvgIpc) is 3.59. The predicted octanol–water partition coefficient (Wildman–Crippen LogP) is 5.53. The van der Waals surface area contributed by atoms with Crippen molar-refractivity contribution in [3.05, 3.63) is 83.0 Å². The van der Waals surface area contributed by atoms with Gasteiger partial charge in [0.1, 0.15) is 16.8 Å². The minimum absolute atomic E-state index is 0.0654. The molecule has 0 spiro atoms. The Labute approximate surface area is 393 Å². The van der Waals surface area contributed by atoms with E-state index in [1.165, 1.54) is 20.4 Å². The number of nitrogens with zero attached hydrogens (tertiary/aromatic N) is 6. The maximum absolute atomic E-state index is 13.2. The molecule has 4 N–H and O–H groups in total. The molecule has 354 valence electrons. The Balaban J connectivity index is 0.760. The van der Waals surface area contributed by atoms with E-state index in [1.54, 1.807) is 49.6 Å². The number of amides is 5. The summed E-state index contributed by atoms with van der Waals surface area (Å²) in [5, 5.41) is 12.5. The third-order valence-corrected chi connectivity index (χ3v) is 14.9. The van der Waals surface area contributed by atoms with E-state index in [4.69, 9.17) is 25.4 Å². The second-order valence-electron chi connectivity index (χ2n) is 16.6. The highest BCUT2D eigenvalue weighted by Crippen LogP contribution is 2.47. The van der Waals surface area contributed by atoms with Crippen LogP contribution in [0.2, 0.25) is 5.02 Å². The molecule has 0 aliphatic carbocycles. The molecule has 3 fully saturated rings. The number of hydrogen-bond donors (Lipinski definition) is 4. The summed E-state index contributed by atoms with van der Waals surface area (Å²) in [5.41, 5.74) is 3.29. The Hall–Kier alpha value is -6.11. The van der Waals surface area contributed by atoms with Crippen LogP contribution in [0.3, 0.4) is 0 Å². The number of carbonyl (C=O) groups is 5. The molecule has 4 aliphatic heterocycles. The van der Waals surface area contributed by atoms with E-state index in [-0.39, 0.29) is 46.7 Å². The molecule has 4 aromatic rings. The minimum atomic E-state index is -3.58. The van der Waals surface area contributed by atoms with Crippen molar-refractivity contribution in [3.8, 4) is 5.75 Å². The second-order valence-corrected chi connectivity index (χ2v) is 19.2. The summed E-state index contributed by atoms with van der Waals surface area (Å²) in [4.78, 5) is 80.0. The lowest BCUT2D eigenvalue weighted by atomic mass is 10.0. The summed E-state index contributed by atoms with van der Waals surface area (Å²) in [5.74, 6) is -0.809. The molecule has 4 aliphatic rings. The zero-order valence-corrected chi connectivity index (χ0v) is 39.2. The number of methoxy groups -OCH3 is 1. The van der Waals surface area contributed by atoms with Crippen molar-refractivity contribution in [2.45, 2.75) is 57.0 Å². The molecule has 0 radical (unpaired) electrons. The fourth-order valence-electron chi connectivity index (χ4n) is 9.03. The van der Waals surface area contributed by atoms with Crippen LogP contribution in [0.1, 0.15) is 65.7 Å². The van der Waals surface area contributed by atoms with Gasteiger partial charge in [-0.1, -0.05) is 23.7 Å². The predicted molar refractivity (Wildman–Crippen MR) is 253 cm³/mol. The molecule has 21 heteroatoms. The number of ether oxygens (including phenoxy) is 1. The summed E-state index contributed by atoms with van der Waals surface area (Å²) in [6.07, 6.45) is 5.53. The van der Waals surface area contributed by atoms with Crippen LogP contribution >= 0.6 is 19.2 Å². The molecule has 0 saturated carbocycles. The van der Waals surface area contributed by atoms with Gasteiger partial charge in [0, 0.05) is 96.4 Å². The van der Waals surface area contributed by atoms with E-state index >= 15 is 0 Å². The number of unbranched alkanes of at least 4 members (excludes halogenated alkanes) is 1. The fraction of sp³-hybridized carbons (Fsp3) is 0.413. The normalized spacial score (nSPS) is 18.2. The summed E-state index contributed by atoms with van der Waals surface area (Å²) < 4.78 is 29.4. The number of aromatic nitrogens is 2. The third kappa shape index (κ3) is 10.4. The first-order chi connectivity index (χ1) is 32.4. The van der Waals surface area contributed by atoms with E-state index in [2.05, 4.69) is 41.0 Å². The average molecular weight is 957 g/mol. The molecular weight excluding hydrogens is 903 g/mol. The molecule has 8 rings (SSSR count). The largest absolute Gasteiger partial charge is 0.494 e. The van der Waals surface area contributed by atoms with Crippen LogP contribution in [0.5, 0.6) is 5.75 Å². The van der Waals surface area contributed by atoms with Gasteiger partial charge < -0.3 is 39.5 Å². The van der Waals surface area contributed by atoms with Crippen molar-refractivity contribution in [1.29, 1.82) is 0 Å². The summed E-state index contributed by atoms with van der Waals surface area (Å²) >= 11 is 6.48. The van der Waals surface area contributed by atoms with E-state index < -0.39 is 37.3 Å². The van der Waals surface area contributed by atoms with Gasteiger partial charge in [-0.15, -0.1) is 0 Å². The highest BCUT2D eigenvalue weighted by Gasteiger charge is 2.44. The van der Waals surface area contributed by atoms with E-state index in [0.717, 1.165) is 56.0 Å². The number of nitrogens with one attached hydrogen (secondary N) is 4. The number of anilines is 6. The standard InChI is InChI=1S/C46H54ClN10O9P/c1-64-38-27-31(12-14-35(38)51-46-49-28-34(47)42(53-46)50-36-8-4-5-9-39(36)67(63,65-2)66-3)54-20-17-30(18-21-54)55-22-24-56(25-23-55)41(59)10-6-7-19-48-29-11-13-32-33(26-29)45(62)57(44(32)61)37-15-16-40(58)52-43(37)60/h4-5,8-9,11-14,26-28,30,37,48H,6-7,10,15-25H2,1-3H3,(H,52,58,60)(H2,49,50,51,53). The van der Waals surface area contributed by atoms with Gasteiger partial charge >= 0.3 is 7.60 Å². The van der Waals surface area contributed by atoms with Gasteiger partial charge in [-0.3, -0.25) is 43.7 Å². The molecule has 5 amide bonds. The number of fused-ring (bicyclic) bond motifs is 1. The smallest absolute Gasteiger partial charge is 0.362 e. The van der Waals surface area contributed by atoms with Gasteiger partial charge in [-0.05, 0) is 74.6 Å². The topological polar surface area (TPSA) is 217 Å². The molecule has 1 atom stereocenters.